The molecule has 0 aliphatic heterocycles. The minimum Gasteiger partial charge on any atom is -0.466 e. The fourth-order valence-electron chi connectivity index (χ4n) is 6.96. The third kappa shape index (κ3) is 41.5. The minimum absolute atomic E-state index is 0.0389. The molecule has 0 fully saturated rings. The van der Waals surface area contributed by atoms with Gasteiger partial charge in [-0.25, -0.2) is 0 Å². The van der Waals surface area contributed by atoms with Crippen molar-refractivity contribution in [1.82, 2.24) is 5.32 Å². The monoisotopic (exact) mass is 774 g/mol. The molecule has 2 unspecified atom stereocenters. The molecule has 2 atom stereocenters. The predicted molar refractivity (Wildman–Crippen MR) is 236 cm³/mol. The van der Waals surface area contributed by atoms with Crippen molar-refractivity contribution in [3.05, 3.63) is 36.5 Å². The van der Waals surface area contributed by atoms with Gasteiger partial charge in [-0.15, -0.1) is 0 Å². The van der Waals surface area contributed by atoms with Crippen LogP contribution < -0.4 is 5.32 Å². The molecule has 6 heteroatoms. The average Bonchev–Trinajstić information content (AvgIpc) is 3.18. The number of hydrogen-bond donors (Lipinski definition) is 3. The van der Waals surface area contributed by atoms with Gasteiger partial charge in [0.1, 0.15) is 0 Å². The molecule has 3 N–H and O–H groups in total. The SMILES string of the molecule is CCC/C=C\C/C=C\CCCCCCCC(=O)OCCCCC/C=C\CCCCCCCC(=O)NC(CO)C(O)CCCCCCCCCCCCCCC. The molecule has 0 rings (SSSR count). The lowest BCUT2D eigenvalue weighted by molar-refractivity contribution is -0.143. The van der Waals surface area contributed by atoms with E-state index in [1.165, 1.54) is 116 Å². The van der Waals surface area contributed by atoms with Gasteiger partial charge in [-0.05, 0) is 83.5 Å². The number of aliphatic hydroxyl groups excluding tert-OH is 2. The highest BCUT2D eigenvalue weighted by Gasteiger charge is 2.20. The number of esters is 1. The smallest absolute Gasteiger partial charge is 0.305 e. The van der Waals surface area contributed by atoms with E-state index in [2.05, 4.69) is 55.6 Å². The van der Waals surface area contributed by atoms with Crippen molar-refractivity contribution in [3.63, 3.8) is 0 Å². The highest BCUT2D eigenvalue weighted by molar-refractivity contribution is 5.76. The summed E-state index contributed by atoms with van der Waals surface area (Å²) >= 11 is 0. The Morgan fingerprint density at radius 1 is 0.509 bits per heavy atom. The van der Waals surface area contributed by atoms with Crippen LogP contribution in [0.3, 0.4) is 0 Å². The van der Waals surface area contributed by atoms with Crippen molar-refractivity contribution in [3.8, 4) is 0 Å². The number of carbonyl (C=O) groups excluding carboxylic acids is 2. The van der Waals surface area contributed by atoms with E-state index in [4.69, 9.17) is 4.74 Å². The van der Waals surface area contributed by atoms with E-state index in [9.17, 15) is 19.8 Å². The maximum atomic E-state index is 12.4. The molecule has 0 spiro atoms. The summed E-state index contributed by atoms with van der Waals surface area (Å²) < 4.78 is 5.42. The molecular weight excluding hydrogens is 683 g/mol. The standard InChI is InChI=1S/C49H91NO5/c1-3-5-7-9-11-13-15-17-21-25-29-33-37-41-47(52)46(45-51)50-48(53)42-38-34-30-26-22-19-20-24-28-32-36-40-44-55-49(54)43-39-35-31-27-23-18-16-14-12-10-8-6-4-2/h8,10,14,16,20,24,46-47,51-52H,3-7,9,11-13,15,17-19,21-23,25-45H2,1-2H3,(H,50,53)/b10-8-,16-14-,24-20-. The topological polar surface area (TPSA) is 95.9 Å². The maximum Gasteiger partial charge on any atom is 0.305 e. The first-order chi connectivity index (χ1) is 27.0. The second-order valence-electron chi connectivity index (χ2n) is 16.1. The Labute approximate surface area is 341 Å². The zero-order valence-electron chi connectivity index (χ0n) is 36.4. The van der Waals surface area contributed by atoms with Gasteiger partial charge in [0.2, 0.25) is 5.91 Å². The van der Waals surface area contributed by atoms with Gasteiger partial charge in [0.15, 0.2) is 0 Å². The number of unbranched alkanes of at least 4 members (excludes halogenated alkanes) is 26. The molecule has 0 radical (unpaired) electrons. The van der Waals surface area contributed by atoms with Crippen LogP contribution in [0.25, 0.3) is 0 Å². The number of carbonyl (C=O) groups is 2. The van der Waals surface area contributed by atoms with E-state index in [0.29, 0.717) is 25.9 Å². The normalized spacial score (nSPS) is 13.0. The van der Waals surface area contributed by atoms with E-state index in [-0.39, 0.29) is 18.5 Å². The quantitative estimate of drug-likeness (QED) is 0.0326. The summed E-state index contributed by atoms with van der Waals surface area (Å²) in [5, 5.41) is 23.1. The Balaban J connectivity index is 3.53. The first-order valence-corrected chi connectivity index (χ1v) is 23.7. The van der Waals surface area contributed by atoms with Crippen LogP contribution in [0.1, 0.15) is 239 Å². The first kappa shape index (κ1) is 53.1. The van der Waals surface area contributed by atoms with Gasteiger partial charge in [-0.3, -0.25) is 9.59 Å². The van der Waals surface area contributed by atoms with Gasteiger partial charge in [0, 0.05) is 12.8 Å². The number of rotatable bonds is 43. The third-order valence-corrected chi connectivity index (χ3v) is 10.6. The number of aliphatic hydroxyl groups is 2. The van der Waals surface area contributed by atoms with Crippen molar-refractivity contribution in [2.45, 2.75) is 251 Å². The lowest BCUT2D eigenvalue weighted by Gasteiger charge is -2.22. The zero-order chi connectivity index (χ0) is 40.1. The molecular formula is C49H91NO5. The van der Waals surface area contributed by atoms with Crippen LogP contribution in [0.4, 0.5) is 0 Å². The van der Waals surface area contributed by atoms with Crippen molar-refractivity contribution in [1.29, 1.82) is 0 Å². The van der Waals surface area contributed by atoms with Crippen LogP contribution in [0.15, 0.2) is 36.5 Å². The van der Waals surface area contributed by atoms with E-state index in [1.807, 2.05) is 0 Å². The second-order valence-corrected chi connectivity index (χ2v) is 16.1. The Kier molecular flexibility index (Phi) is 43.2. The van der Waals surface area contributed by atoms with Gasteiger partial charge in [-0.2, -0.15) is 0 Å². The van der Waals surface area contributed by atoms with Crippen LogP contribution in [-0.2, 0) is 14.3 Å². The van der Waals surface area contributed by atoms with E-state index < -0.39 is 12.1 Å². The lowest BCUT2D eigenvalue weighted by atomic mass is 10.0. The van der Waals surface area contributed by atoms with Crippen molar-refractivity contribution < 1.29 is 24.5 Å². The van der Waals surface area contributed by atoms with Gasteiger partial charge in [0.05, 0.1) is 25.4 Å². The van der Waals surface area contributed by atoms with Crippen LogP contribution in [0, 0.1) is 0 Å². The largest absolute Gasteiger partial charge is 0.466 e. The van der Waals surface area contributed by atoms with Crippen molar-refractivity contribution >= 4 is 11.9 Å². The molecule has 0 aromatic heterocycles. The summed E-state index contributed by atoms with van der Waals surface area (Å²) in [5.41, 5.74) is 0. The number of ether oxygens (including phenoxy) is 1. The molecule has 0 bridgehead atoms. The summed E-state index contributed by atoms with van der Waals surface area (Å²) in [6.07, 6.45) is 52.4. The molecule has 322 valence electrons. The number of hydrogen-bond acceptors (Lipinski definition) is 5. The number of allylic oxidation sites excluding steroid dienone is 6. The highest BCUT2D eigenvalue weighted by atomic mass is 16.5. The van der Waals surface area contributed by atoms with E-state index in [1.54, 1.807) is 0 Å². The summed E-state index contributed by atoms with van der Waals surface area (Å²) in [5.74, 6) is -0.102. The third-order valence-electron chi connectivity index (χ3n) is 10.6. The van der Waals surface area contributed by atoms with E-state index in [0.717, 1.165) is 89.9 Å². The Morgan fingerprint density at radius 2 is 0.945 bits per heavy atom. The second kappa shape index (κ2) is 44.8. The van der Waals surface area contributed by atoms with Gasteiger partial charge >= 0.3 is 5.97 Å². The number of nitrogens with one attached hydrogen (secondary N) is 1. The summed E-state index contributed by atoms with van der Waals surface area (Å²) in [4.78, 5) is 24.4. The van der Waals surface area contributed by atoms with E-state index >= 15 is 0 Å². The zero-order valence-corrected chi connectivity index (χ0v) is 36.4. The molecule has 55 heavy (non-hydrogen) atoms. The Hall–Kier alpha value is -1.92. The van der Waals surface area contributed by atoms with Crippen molar-refractivity contribution in [2.75, 3.05) is 13.2 Å². The molecule has 1 amide bonds. The van der Waals surface area contributed by atoms with Gasteiger partial charge < -0.3 is 20.3 Å². The minimum atomic E-state index is -0.680. The van der Waals surface area contributed by atoms with Crippen LogP contribution >= 0.6 is 0 Å². The molecule has 0 heterocycles. The van der Waals surface area contributed by atoms with Gasteiger partial charge in [0.25, 0.3) is 0 Å². The first-order valence-electron chi connectivity index (χ1n) is 23.7. The maximum absolute atomic E-state index is 12.4. The van der Waals surface area contributed by atoms with Crippen LogP contribution in [-0.4, -0.2) is 47.4 Å². The molecule has 0 aromatic rings. The Morgan fingerprint density at radius 3 is 1.47 bits per heavy atom. The fourth-order valence-corrected chi connectivity index (χ4v) is 6.96. The van der Waals surface area contributed by atoms with Gasteiger partial charge in [-0.1, -0.05) is 179 Å². The predicted octanol–water partition coefficient (Wildman–Crippen LogP) is 13.7. The Bertz CT molecular complexity index is 900. The average molecular weight is 774 g/mol. The molecule has 0 aliphatic rings. The van der Waals surface area contributed by atoms with Crippen LogP contribution in [0.2, 0.25) is 0 Å². The van der Waals surface area contributed by atoms with Crippen LogP contribution in [0.5, 0.6) is 0 Å². The molecule has 0 saturated heterocycles. The summed E-state index contributed by atoms with van der Waals surface area (Å²) in [6, 6.07) is -0.560. The summed E-state index contributed by atoms with van der Waals surface area (Å²) in [6.45, 7) is 4.80. The lowest BCUT2D eigenvalue weighted by Crippen LogP contribution is -2.45. The highest BCUT2D eigenvalue weighted by Crippen LogP contribution is 2.15. The van der Waals surface area contributed by atoms with Crippen molar-refractivity contribution in [2.24, 2.45) is 0 Å². The molecule has 0 aliphatic carbocycles. The number of amides is 1. The summed E-state index contributed by atoms with van der Waals surface area (Å²) in [7, 11) is 0. The molecule has 0 aromatic carbocycles. The molecule has 0 saturated carbocycles. The fraction of sp³-hybridized carbons (Fsp3) is 0.837. The molecule has 6 nitrogen and oxygen atoms in total.